The first kappa shape index (κ1) is 18.2. The molecule has 1 unspecified atom stereocenters. The van der Waals surface area contributed by atoms with Crippen molar-refractivity contribution in [3.05, 3.63) is 34.1 Å². The molecule has 148 valence electrons. The first-order chi connectivity index (χ1) is 13.4. The van der Waals surface area contributed by atoms with Crippen molar-refractivity contribution < 1.29 is 9.72 Å². The molecule has 4 rings (SSSR count). The number of fused-ring (bicyclic) bond motifs is 2. The van der Waals surface area contributed by atoms with Crippen molar-refractivity contribution in [3.8, 4) is 11.3 Å². The Morgan fingerprint density at radius 2 is 2.21 bits per heavy atom. The molecule has 0 bridgehead atoms. The number of aromatic nitrogens is 3. The van der Waals surface area contributed by atoms with E-state index < -0.39 is 4.92 Å². The monoisotopic (exact) mass is 385 g/mol. The number of nitrogens with two attached hydrogens (primary N) is 1. The lowest BCUT2D eigenvalue weighted by Crippen LogP contribution is -2.42. The maximum atomic E-state index is 12.3. The minimum atomic E-state index is -0.537. The van der Waals surface area contributed by atoms with Crippen LogP contribution in [0.4, 0.5) is 16.3 Å². The van der Waals surface area contributed by atoms with Crippen molar-refractivity contribution in [2.45, 2.75) is 38.1 Å². The summed E-state index contributed by atoms with van der Waals surface area (Å²) in [4.78, 5) is 28.7. The van der Waals surface area contributed by atoms with Crippen molar-refractivity contribution in [1.29, 1.82) is 0 Å². The molecule has 0 aromatic carbocycles. The molecule has 3 N–H and O–H groups in total. The molecule has 0 radical (unpaired) electrons. The third-order valence-electron chi connectivity index (χ3n) is 5.71. The van der Waals surface area contributed by atoms with E-state index in [4.69, 9.17) is 5.73 Å². The zero-order valence-electron chi connectivity index (χ0n) is 15.7. The van der Waals surface area contributed by atoms with E-state index in [9.17, 15) is 14.9 Å². The van der Waals surface area contributed by atoms with Gasteiger partial charge in [0.2, 0.25) is 5.82 Å². The molecule has 1 saturated heterocycles. The van der Waals surface area contributed by atoms with Gasteiger partial charge in [0.25, 0.3) is 0 Å². The first-order valence-corrected chi connectivity index (χ1v) is 9.45. The highest BCUT2D eigenvalue weighted by atomic mass is 16.6. The van der Waals surface area contributed by atoms with Gasteiger partial charge in [0.05, 0.1) is 10.6 Å². The second-order valence-corrected chi connectivity index (χ2v) is 7.41. The van der Waals surface area contributed by atoms with Crippen LogP contribution >= 0.6 is 0 Å². The number of nitrogens with zero attached hydrogens (tertiary/aromatic N) is 5. The topological polar surface area (TPSA) is 132 Å². The molecular weight excluding hydrogens is 362 g/mol. The van der Waals surface area contributed by atoms with Gasteiger partial charge in [-0.15, -0.1) is 0 Å². The van der Waals surface area contributed by atoms with E-state index in [0.29, 0.717) is 30.9 Å². The standard InChI is InChI=1S/C18H23N7O3/c1-2-20-17(26)23-7-5-18(11-23)4-3-6-24-15(18)9-13(22-24)12-8-14(25(27)28)16(19)21-10-12/h8-10H,2-7,11H2,1H3,(H2,19,21)(H,20,26). The van der Waals surface area contributed by atoms with Gasteiger partial charge in [-0.1, -0.05) is 0 Å². The van der Waals surface area contributed by atoms with E-state index in [-0.39, 0.29) is 23.0 Å². The molecule has 1 spiro atoms. The highest BCUT2D eigenvalue weighted by Crippen LogP contribution is 2.43. The molecule has 28 heavy (non-hydrogen) atoms. The molecule has 4 heterocycles. The minimum absolute atomic E-state index is 0.0328. The summed E-state index contributed by atoms with van der Waals surface area (Å²) in [5.41, 5.74) is 7.55. The van der Waals surface area contributed by atoms with Crippen molar-refractivity contribution in [2.24, 2.45) is 0 Å². The Labute approximate surface area is 161 Å². The summed E-state index contributed by atoms with van der Waals surface area (Å²) in [5.74, 6) is -0.109. The number of amides is 2. The quantitative estimate of drug-likeness (QED) is 0.612. The van der Waals surface area contributed by atoms with Gasteiger partial charge in [0.1, 0.15) is 0 Å². The maximum Gasteiger partial charge on any atom is 0.317 e. The van der Waals surface area contributed by atoms with E-state index in [2.05, 4.69) is 15.4 Å². The van der Waals surface area contributed by atoms with Crippen LogP contribution in [0.25, 0.3) is 11.3 Å². The van der Waals surface area contributed by atoms with Gasteiger partial charge in [-0.3, -0.25) is 14.8 Å². The molecule has 0 saturated carbocycles. The summed E-state index contributed by atoms with van der Waals surface area (Å²) < 4.78 is 1.97. The molecule has 0 aliphatic carbocycles. The van der Waals surface area contributed by atoms with Crippen molar-refractivity contribution >= 4 is 17.5 Å². The van der Waals surface area contributed by atoms with E-state index in [0.717, 1.165) is 31.5 Å². The largest absolute Gasteiger partial charge is 0.378 e. The van der Waals surface area contributed by atoms with Crippen LogP contribution < -0.4 is 11.1 Å². The minimum Gasteiger partial charge on any atom is -0.378 e. The molecular formula is C18H23N7O3. The Morgan fingerprint density at radius 1 is 1.39 bits per heavy atom. The molecule has 2 aliphatic rings. The Hall–Kier alpha value is -3.17. The lowest BCUT2D eigenvalue weighted by Gasteiger charge is -2.34. The number of pyridine rings is 1. The van der Waals surface area contributed by atoms with E-state index in [1.54, 1.807) is 0 Å². The van der Waals surface area contributed by atoms with Crippen molar-refractivity contribution in [1.82, 2.24) is 25.0 Å². The highest BCUT2D eigenvalue weighted by molar-refractivity contribution is 5.75. The fourth-order valence-corrected chi connectivity index (χ4v) is 4.32. The summed E-state index contributed by atoms with van der Waals surface area (Å²) in [6.07, 6.45) is 4.38. The van der Waals surface area contributed by atoms with Crippen molar-refractivity contribution in [3.63, 3.8) is 0 Å². The summed E-state index contributed by atoms with van der Waals surface area (Å²) >= 11 is 0. The second kappa shape index (κ2) is 6.77. The normalized spacial score (nSPS) is 21.0. The third-order valence-corrected chi connectivity index (χ3v) is 5.71. The molecule has 2 amide bonds. The number of likely N-dealkylation sites (tertiary alicyclic amines) is 1. The van der Waals surface area contributed by atoms with Gasteiger partial charge in [-0.2, -0.15) is 5.10 Å². The Balaban J connectivity index is 1.67. The maximum absolute atomic E-state index is 12.3. The Bertz CT molecular complexity index is 941. The van der Waals surface area contributed by atoms with Crippen LogP contribution in [0.2, 0.25) is 0 Å². The number of nitrogen functional groups attached to an aromatic ring is 1. The van der Waals surface area contributed by atoms with Crippen LogP contribution in [0.1, 0.15) is 31.9 Å². The zero-order valence-corrected chi connectivity index (χ0v) is 15.7. The van der Waals surface area contributed by atoms with Gasteiger partial charge in [-0.25, -0.2) is 9.78 Å². The molecule has 2 aromatic heterocycles. The fraction of sp³-hybridized carbons (Fsp3) is 0.500. The van der Waals surface area contributed by atoms with E-state index in [1.807, 2.05) is 22.6 Å². The highest BCUT2D eigenvalue weighted by Gasteiger charge is 2.45. The molecule has 2 aromatic rings. The number of rotatable bonds is 3. The van der Waals surface area contributed by atoms with Crippen LogP contribution in [0.5, 0.6) is 0 Å². The number of hydrogen-bond donors (Lipinski definition) is 2. The van der Waals surface area contributed by atoms with Gasteiger partial charge in [0.15, 0.2) is 0 Å². The van der Waals surface area contributed by atoms with Gasteiger partial charge >= 0.3 is 11.7 Å². The third kappa shape index (κ3) is 2.94. The van der Waals surface area contributed by atoms with Gasteiger partial charge in [0, 0.05) is 55.1 Å². The molecule has 10 heteroatoms. The van der Waals surface area contributed by atoms with Crippen LogP contribution in [0.3, 0.4) is 0 Å². The van der Waals surface area contributed by atoms with Crippen LogP contribution in [-0.4, -0.2) is 50.3 Å². The summed E-state index contributed by atoms with van der Waals surface area (Å²) in [7, 11) is 0. The second-order valence-electron chi connectivity index (χ2n) is 7.41. The molecule has 2 aliphatic heterocycles. The average molecular weight is 385 g/mol. The Morgan fingerprint density at radius 3 is 2.96 bits per heavy atom. The molecule has 1 fully saturated rings. The van der Waals surface area contributed by atoms with Crippen LogP contribution in [-0.2, 0) is 12.0 Å². The van der Waals surface area contributed by atoms with E-state index >= 15 is 0 Å². The summed E-state index contributed by atoms with van der Waals surface area (Å²) in [5, 5.41) is 18.7. The number of nitrogens with one attached hydrogen (secondary N) is 1. The number of aryl methyl sites for hydroxylation is 1. The average Bonchev–Trinajstić information content (AvgIpc) is 3.28. The SMILES string of the molecule is CCNC(=O)N1CCC2(CCCn3nc(-c4cnc(N)c([N+](=O)[O-])c4)cc32)C1. The predicted molar refractivity (Wildman–Crippen MR) is 103 cm³/mol. The number of carbonyl (C=O) groups is 1. The lowest BCUT2D eigenvalue weighted by atomic mass is 9.77. The number of nitro groups is 1. The van der Waals surface area contributed by atoms with Gasteiger partial charge < -0.3 is 16.0 Å². The van der Waals surface area contributed by atoms with Crippen LogP contribution in [0, 0.1) is 10.1 Å². The predicted octanol–water partition coefficient (Wildman–Crippen LogP) is 1.90. The number of hydrogen-bond acceptors (Lipinski definition) is 6. The molecule has 10 nitrogen and oxygen atoms in total. The molecule has 1 atom stereocenters. The zero-order chi connectivity index (χ0) is 19.9. The van der Waals surface area contributed by atoms with E-state index in [1.165, 1.54) is 12.3 Å². The van der Waals surface area contributed by atoms with Crippen LogP contribution in [0.15, 0.2) is 18.3 Å². The number of carbonyl (C=O) groups excluding carboxylic acids is 1. The number of urea groups is 1. The number of anilines is 1. The first-order valence-electron chi connectivity index (χ1n) is 9.45. The summed E-state index contributed by atoms with van der Waals surface area (Å²) in [6.45, 7) is 4.67. The van der Waals surface area contributed by atoms with Crippen molar-refractivity contribution in [2.75, 3.05) is 25.4 Å². The lowest BCUT2D eigenvalue weighted by molar-refractivity contribution is -0.384. The fourth-order valence-electron chi connectivity index (χ4n) is 4.32. The Kier molecular flexibility index (Phi) is 4.40. The summed E-state index contributed by atoms with van der Waals surface area (Å²) in [6, 6.07) is 3.37. The van der Waals surface area contributed by atoms with Gasteiger partial charge in [-0.05, 0) is 32.3 Å². The smallest absolute Gasteiger partial charge is 0.317 e.